The van der Waals surface area contributed by atoms with E-state index in [2.05, 4.69) is 22.0 Å². The average molecular weight is 459 g/mol. The molecule has 156 valence electrons. The van der Waals surface area contributed by atoms with Crippen LogP contribution < -0.4 is 4.90 Å². The maximum atomic E-state index is 12.7. The summed E-state index contributed by atoms with van der Waals surface area (Å²) in [5.41, 5.74) is 2.50. The standard InChI is InChI=1S/C21H22N4O2S3/c22-16-17-6-1-3-8-19(17)24-10-12-25(13-11-24)30(26,27)15-5-14-28-21-23-18-7-2-4-9-20(18)29-21/h1-4,6-9H,5,10-15H2. The lowest BCUT2D eigenvalue weighted by atomic mass is 10.1. The van der Waals surface area contributed by atoms with Crippen molar-refractivity contribution in [2.75, 3.05) is 42.6 Å². The monoisotopic (exact) mass is 458 g/mol. The van der Waals surface area contributed by atoms with Crippen molar-refractivity contribution in [1.82, 2.24) is 9.29 Å². The zero-order valence-electron chi connectivity index (χ0n) is 16.4. The first-order valence-corrected chi connectivity index (χ1v) is 13.2. The van der Waals surface area contributed by atoms with Crippen LogP contribution in [0.25, 0.3) is 10.2 Å². The molecule has 0 atom stereocenters. The second-order valence-electron chi connectivity index (χ2n) is 6.98. The number of sulfonamides is 1. The first-order valence-electron chi connectivity index (χ1n) is 9.77. The molecule has 0 saturated carbocycles. The predicted octanol–water partition coefficient (Wildman–Crippen LogP) is 3.80. The third kappa shape index (κ3) is 4.78. The maximum Gasteiger partial charge on any atom is 0.214 e. The molecule has 2 aromatic carbocycles. The van der Waals surface area contributed by atoms with Gasteiger partial charge in [0, 0.05) is 31.9 Å². The van der Waals surface area contributed by atoms with Crippen LogP contribution in [0.5, 0.6) is 0 Å². The fourth-order valence-electron chi connectivity index (χ4n) is 3.49. The molecular weight excluding hydrogens is 436 g/mol. The van der Waals surface area contributed by atoms with Crippen LogP contribution in [0, 0.1) is 11.3 Å². The van der Waals surface area contributed by atoms with Gasteiger partial charge in [0.25, 0.3) is 0 Å². The molecule has 0 amide bonds. The molecule has 3 aromatic rings. The summed E-state index contributed by atoms with van der Waals surface area (Å²) in [7, 11) is -3.27. The summed E-state index contributed by atoms with van der Waals surface area (Å²) in [5.74, 6) is 0.883. The third-order valence-corrected chi connectivity index (χ3v) is 9.27. The Kier molecular flexibility index (Phi) is 6.58. The molecule has 0 N–H and O–H groups in total. The van der Waals surface area contributed by atoms with Crippen LogP contribution in [0.3, 0.4) is 0 Å². The van der Waals surface area contributed by atoms with E-state index in [0.717, 1.165) is 26.0 Å². The van der Waals surface area contributed by atoms with Crippen LogP contribution in [-0.2, 0) is 10.0 Å². The van der Waals surface area contributed by atoms with Crippen molar-refractivity contribution < 1.29 is 8.42 Å². The normalized spacial score (nSPS) is 15.4. The Morgan fingerprint density at radius 1 is 1.07 bits per heavy atom. The van der Waals surface area contributed by atoms with Gasteiger partial charge in [0.15, 0.2) is 4.34 Å². The number of thioether (sulfide) groups is 1. The van der Waals surface area contributed by atoms with E-state index in [1.165, 1.54) is 0 Å². The molecule has 0 unspecified atom stereocenters. The van der Waals surface area contributed by atoms with Crippen molar-refractivity contribution >= 4 is 49.0 Å². The van der Waals surface area contributed by atoms with Gasteiger partial charge in [-0.3, -0.25) is 0 Å². The van der Waals surface area contributed by atoms with Gasteiger partial charge in [-0.05, 0) is 30.7 Å². The van der Waals surface area contributed by atoms with E-state index in [0.29, 0.717) is 38.2 Å². The van der Waals surface area contributed by atoms with Crippen molar-refractivity contribution in [2.45, 2.75) is 10.8 Å². The van der Waals surface area contributed by atoms with Crippen LogP contribution >= 0.6 is 23.1 Å². The number of hydrogen-bond donors (Lipinski definition) is 0. The lowest BCUT2D eigenvalue weighted by Gasteiger charge is -2.35. The minimum atomic E-state index is -3.27. The summed E-state index contributed by atoms with van der Waals surface area (Å²) in [5, 5.41) is 9.29. The summed E-state index contributed by atoms with van der Waals surface area (Å²) < 4.78 is 29.2. The number of fused-ring (bicyclic) bond motifs is 1. The number of benzene rings is 2. The molecule has 1 fully saturated rings. The molecule has 9 heteroatoms. The maximum absolute atomic E-state index is 12.7. The van der Waals surface area contributed by atoms with Crippen molar-refractivity contribution in [1.29, 1.82) is 5.26 Å². The molecule has 1 aliphatic rings. The lowest BCUT2D eigenvalue weighted by Crippen LogP contribution is -2.49. The molecule has 1 saturated heterocycles. The topological polar surface area (TPSA) is 77.3 Å². The lowest BCUT2D eigenvalue weighted by molar-refractivity contribution is 0.384. The number of hydrogen-bond acceptors (Lipinski definition) is 7. The summed E-state index contributed by atoms with van der Waals surface area (Å²) >= 11 is 3.27. The van der Waals surface area contributed by atoms with Gasteiger partial charge in [-0.25, -0.2) is 13.4 Å². The molecule has 0 spiro atoms. The zero-order chi connectivity index (χ0) is 21.0. The summed E-state index contributed by atoms with van der Waals surface area (Å²) in [6.45, 7) is 2.09. The highest BCUT2D eigenvalue weighted by atomic mass is 32.2. The quantitative estimate of drug-likeness (QED) is 0.396. The fraction of sp³-hybridized carbons (Fsp3) is 0.333. The van der Waals surface area contributed by atoms with Crippen molar-refractivity contribution in [3.05, 3.63) is 54.1 Å². The van der Waals surface area contributed by atoms with Crippen LogP contribution in [0.2, 0.25) is 0 Å². The van der Waals surface area contributed by atoms with E-state index >= 15 is 0 Å². The molecular formula is C21H22N4O2S3. The summed E-state index contributed by atoms with van der Waals surface area (Å²) in [4.78, 5) is 6.67. The van der Waals surface area contributed by atoms with Crippen LogP contribution in [0.4, 0.5) is 5.69 Å². The van der Waals surface area contributed by atoms with E-state index in [9.17, 15) is 13.7 Å². The number of rotatable bonds is 7. The average Bonchev–Trinajstić information content (AvgIpc) is 3.20. The highest BCUT2D eigenvalue weighted by Crippen LogP contribution is 2.29. The number of thiazole rings is 1. The van der Waals surface area contributed by atoms with Gasteiger partial charge in [-0.15, -0.1) is 11.3 Å². The number of aromatic nitrogens is 1. The van der Waals surface area contributed by atoms with Gasteiger partial charge in [0.05, 0.1) is 27.2 Å². The summed E-state index contributed by atoms with van der Waals surface area (Å²) in [6.07, 6.45) is 0.598. The Hall–Kier alpha value is -2.12. The number of para-hydroxylation sites is 2. The predicted molar refractivity (Wildman–Crippen MR) is 124 cm³/mol. The second-order valence-corrected chi connectivity index (χ2v) is 11.4. The molecule has 1 aromatic heterocycles. The smallest absolute Gasteiger partial charge is 0.214 e. The van der Waals surface area contributed by atoms with Gasteiger partial charge in [0.2, 0.25) is 10.0 Å². The largest absolute Gasteiger partial charge is 0.368 e. The van der Waals surface area contributed by atoms with E-state index in [4.69, 9.17) is 0 Å². The van der Waals surface area contributed by atoms with E-state index in [-0.39, 0.29) is 5.75 Å². The Balaban J connectivity index is 1.26. The Bertz CT molecular complexity index is 1130. The molecule has 0 bridgehead atoms. The minimum absolute atomic E-state index is 0.152. The van der Waals surface area contributed by atoms with Gasteiger partial charge in [-0.2, -0.15) is 9.57 Å². The highest BCUT2D eigenvalue weighted by molar-refractivity contribution is 8.01. The molecule has 2 heterocycles. The van der Waals surface area contributed by atoms with E-state index in [1.54, 1.807) is 33.5 Å². The SMILES string of the molecule is N#Cc1ccccc1N1CCN(S(=O)(=O)CCCSc2nc3ccccc3s2)CC1. The van der Waals surface area contributed by atoms with Gasteiger partial charge in [0.1, 0.15) is 6.07 Å². The Morgan fingerprint density at radius 3 is 2.57 bits per heavy atom. The molecule has 0 radical (unpaired) electrons. The highest BCUT2D eigenvalue weighted by Gasteiger charge is 2.27. The van der Waals surface area contributed by atoms with Gasteiger partial charge in [-0.1, -0.05) is 36.0 Å². The number of nitriles is 1. The third-order valence-electron chi connectivity index (χ3n) is 5.04. The summed E-state index contributed by atoms with van der Waals surface area (Å²) in [6, 6.07) is 17.7. The zero-order valence-corrected chi connectivity index (χ0v) is 18.8. The minimum Gasteiger partial charge on any atom is -0.368 e. The number of piperazine rings is 1. The van der Waals surface area contributed by atoms with Crippen LogP contribution in [0.1, 0.15) is 12.0 Å². The van der Waals surface area contributed by atoms with Crippen molar-refractivity contribution in [3.63, 3.8) is 0 Å². The first-order chi connectivity index (χ1) is 14.6. The molecule has 6 nitrogen and oxygen atoms in total. The van der Waals surface area contributed by atoms with Crippen molar-refractivity contribution in [3.8, 4) is 6.07 Å². The molecule has 0 aliphatic carbocycles. The van der Waals surface area contributed by atoms with Gasteiger partial charge < -0.3 is 4.90 Å². The fourth-order valence-corrected chi connectivity index (χ4v) is 7.24. The number of nitrogens with zero attached hydrogens (tertiary/aromatic N) is 4. The first kappa shape index (κ1) is 21.1. The molecule has 4 rings (SSSR count). The van der Waals surface area contributed by atoms with E-state index in [1.807, 2.05) is 36.4 Å². The van der Waals surface area contributed by atoms with E-state index < -0.39 is 10.0 Å². The Morgan fingerprint density at radius 2 is 1.80 bits per heavy atom. The Labute approximate surface area is 185 Å². The van der Waals surface area contributed by atoms with Crippen LogP contribution in [-0.4, -0.2) is 55.4 Å². The number of anilines is 1. The second kappa shape index (κ2) is 9.35. The van der Waals surface area contributed by atoms with Crippen molar-refractivity contribution in [2.24, 2.45) is 0 Å². The molecule has 1 aliphatic heterocycles. The van der Waals surface area contributed by atoms with Gasteiger partial charge >= 0.3 is 0 Å². The van der Waals surface area contributed by atoms with Crippen LogP contribution in [0.15, 0.2) is 52.9 Å². The molecule has 30 heavy (non-hydrogen) atoms.